The van der Waals surface area contributed by atoms with Gasteiger partial charge in [-0.15, -0.1) is 22.0 Å². The third-order valence-corrected chi connectivity index (χ3v) is 6.50. The number of fused-ring (bicyclic) bond motifs is 3. The van der Waals surface area contributed by atoms with E-state index in [1.54, 1.807) is 16.5 Å². The van der Waals surface area contributed by atoms with Gasteiger partial charge in [-0.25, -0.2) is 14.9 Å². The van der Waals surface area contributed by atoms with Crippen molar-refractivity contribution in [3.8, 4) is 0 Å². The lowest BCUT2D eigenvalue weighted by Crippen LogP contribution is -2.45. The van der Waals surface area contributed by atoms with Gasteiger partial charge < -0.3 is 10.6 Å². The molecule has 3 N–H and O–H groups in total. The number of aryl methyl sites for hydroxylation is 1. The molecule has 0 fully saturated rings. The number of nitrogens with zero attached hydrogens (tertiary/aromatic N) is 4. The second kappa shape index (κ2) is 8.86. The molecule has 2 aliphatic rings. The van der Waals surface area contributed by atoms with Gasteiger partial charge in [0.2, 0.25) is 0 Å². The lowest BCUT2D eigenvalue weighted by molar-refractivity contribution is 0.236. The van der Waals surface area contributed by atoms with Gasteiger partial charge in [-0.2, -0.15) is 0 Å². The van der Waals surface area contributed by atoms with Crippen LogP contribution in [0.15, 0.2) is 70.1 Å². The van der Waals surface area contributed by atoms with Crippen LogP contribution >= 0.6 is 22.9 Å². The van der Waals surface area contributed by atoms with E-state index >= 15 is 0 Å². The van der Waals surface area contributed by atoms with E-state index in [9.17, 15) is 4.79 Å². The van der Waals surface area contributed by atoms with Crippen molar-refractivity contribution in [2.24, 2.45) is 10.1 Å². The summed E-state index contributed by atoms with van der Waals surface area (Å²) in [6.45, 7) is 4.65. The topological polar surface area (TPSA) is 84.4 Å². The van der Waals surface area contributed by atoms with Crippen molar-refractivity contribution in [1.82, 2.24) is 16.0 Å². The third-order valence-electron chi connectivity index (χ3n) is 5.26. The molecule has 168 valence electrons. The van der Waals surface area contributed by atoms with E-state index in [4.69, 9.17) is 21.7 Å². The van der Waals surface area contributed by atoms with Gasteiger partial charge >= 0.3 is 6.03 Å². The molecule has 1 aromatic heterocycles. The molecule has 0 aliphatic carbocycles. The molecular formula is C23H22ClN7OS. The van der Waals surface area contributed by atoms with Crippen LogP contribution in [0.4, 0.5) is 15.5 Å². The molecule has 3 aromatic rings. The molecule has 2 aliphatic heterocycles. The van der Waals surface area contributed by atoms with Crippen LogP contribution in [0.1, 0.15) is 29.8 Å². The van der Waals surface area contributed by atoms with Crippen molar-refractivity contribution in [1.29, 1.82) is 0 Å². The van der Waals surface area contributed by atoms with Crippen LogP contribution < -0.4 is 21.2 Å². The van der Waals surface area contributed by atoms with Gasteiger partial charge in [0.1, 0.15) is 10.7 Å². The number of nitrogens with one attached hydrogen (secondary N) is 3. The summed E-state index contributed by atoms with van der Waals surface area (Å²) in [6, 6.07) is 16.8. The van der Waals surface area contributed by atoms with Gasteiger partial charge in [-0.3, -0.25) is 4.99 Å². The predicted octanol–water partition coefficient (Wildman–Crippen LogP) is 4.91. The van der Waals surface area contributed by atoms with Gasteiger partial charge in [0.25, 0.3) is 0 Å². The Morgan fingerprint density at radius 1 is 1.21 bits per heavy atom. The number of thiophene rings is 1. The van der Waals surface area contributed by atoms with Crippen LogP contribution in [0, 0.1) is 6.92 Å². The van der Waals surface area contributed by atoms with Crippen LogP contribution in [0.25, 0.3) is 0 Å². The number of hydrogen-bond donors (Lipinski definition) is 3. The van der Waals surface area contributed by atoms with Crippen LogP contribution in [-0.2, 0) is 0 Å². The van der Waals surface area contributed by atoms with Gasteiger partial charge in [0, 0.05) is 16.8 Å². The molecule has 0 spiro atoms. The number of urea groups is 1. The maximum atomic E-state index is 12.9. The SMILES string of the molecule is CCN1N=C2C(c3ccccc3Cl)=NC(NC(=O)Nc3cccc(C)c3)c3ccsc3N2N1. The maximum absolute atomic E-state index is 12.9. The molecule has 0 radical (unpaired) electrons. The standard InChI is InChI=1S/C23H22ClN7OS/c1-3-30-28-21-19(16-9-4-5-10-18(16)24)26-20(17-11-12-33-22(17)31(21)29-30)27-23(32)25-15-8-6-7-14(2)13-15/h4-13,20,29H,3H2,1-2H3,(H2,25,27,32). The minimum absolute atomic E-state index is 0.350. The fourth-order valence-electron chi connectivity index (χ4n) is 3.71. The minimum atomic E-state index is -0.632. The third kappa shape index (κ3) is 4.18. The molecule has 0 bridgehead atoms. The van der Waals surface area contributed by atoms with E-state index in [1.165, 1.54) is 0 Å². The highest BCUT2D eigenvalue weighted by molar-refractivity contribution is 7.14. The molecule has 2 amide bonds. The smallest absolute Gasteiger partial charge is 0.312 e. The van der Waals surface area contributed by atoms with E-state index in [0.717, 1.165) is 21.7 Å². The second-order valence-corrected chi connectivity index (χ2v) is 8.89. The Bertz CT molecular complexity index is 1270. The summed E-state index contributed by atoms with van der Waals surface area (Å²) in [6.07, 6.45) is -0.632. The number of carbonyl (C=O) groups excluding carboxylic acids is 1. The van der Waals surface area contributed by atoms with Crippen molar-refractivity contribution in [3.05, 3.63) is 81.7 Å². The first-order valence-electron chi connectivity index (χ1n) is 10.5. The number of anilines is 2. The van der Waals surface area contributed by atoms with E-state index in [0.29, 0.717) is 28.8 Å². The fraction of sp³-hybridized carbons (Fsp3) is 0.174. The molecule has 33 heavy (non-hydrogen) atoms. The highest BCUT2D eigenvalue weighted by atomic mass is 35.5. The normalized spacial score (nSPS) is 17.0. The fourth-order valence-corrected chi connectivity index (χ4v) is 4.82. The number of aliphatic imine (C=N–C) groups is 1. The molecule has 1 unspecified atom stereocenters. The molecule has 1 atom stereocenters. The summed E-state index contributed by atoms with van der Waals surface area (Å²) in [5.41, 5.74) is 7.25. The van der Waals surface area contributed by atoms with E-state index in [-0.39, 0.29) is 6.03 Å². The Balaban J connectivity index is 1.55. The first-order valence-corrected chi connectivity index (χ1v) is 11.8. The van der Waals surface area contributed by atoms with Crippen LogP contribution in [0.3, 0.4) is 0 Å². The number of carbonyl (C=O) groups is 1. The largest absolute Gasteiger partial charge is 0.321 e. The molecule has 10 heteroatoms. The van der Waals surface area contributed by atoms with Crippen LogP contribution in [0.2, 0.25) is 5.02 Å². The lowest BCUT2D eigenvalue weighted by Gasteiger charge is -2.21. The van der Waals surface area contributed by atoms with Crippen LogP contribution in [0.5, 0.6) is 0 Å². The van der Waals surface area contributed by atoms with Crippen LogP contribution in [-0.4, -0.2) is 29.2 Å². The maximum Gasteiger partial charge on any atom is 0.321 e. The number of amides is 2. The van der Waals surface area contributed by atoms with Gasteiger partial charge in [-0.1, -0.05) is 41.9 Å². The van der Waals surface area contributed by atoms with E-state index in [1.807, 2.05) is 78.8 Å². The number of amidine groups is 1. The van der Waals surface area contributed by atoms with E-state index < -0.39 is 6.17 Å². The number of hydrazone groups is 1. The Hall–Kier alpha value is -3.40. The average molecular weight is 480 g/mol. The predicted molar refractivity (Wildman–Crippen MR) is 134 cm³/mol. The quantitative estimate of drug-likeness (QED) is 0.496. The number of rotatable bonds is 4. The lowest BCUT2D eigenvalue weighted by atomic mass is 10.1. The van der Waals surface area contributed by atoms with Crippen molar-refractivity contribution in [2.45, 2.75) is 20.0 Å². The zero-order chi connectivity index (χ0) is 22.9. The Morgan fingerprint density at radius 3 is 2.85 bits per heavy atom. The molecule has 0 saturated carbocycles. The Labute approximate surface area is 200 Å². The zero-order valence-electron chi connectivity index (χ0n) is 18.0. The Kier molecular flexibility index (Phi) is 5.76. The molecule has 3 heterocycles. The highest BCUT2D eigenvalue weighted by Gasteiger charge is 2.36. The minimum Gasteiger partial charge on any atom is -0.312 e. The first kappa shape index (κ1) is 21.4. The van der Waals surface area contributed by atoms with E-state index in [2.05, 4.69) is 16.2 Å². The average Bonchev–Trinajstić information content (AvgIpc) is 3.42. The van der Waals surface area contributed by atoms with Crippen molar-refractivity contribution >= 4 is 51.2 Å². The zero-order valence-corrected chi connectivity index (χ0v) is 19.6. The van der Waals surface area contributed by atoms with Gasteiger partial charge in [0.05, 0.1) is 11.6 Å². The second-order valence-electron chi connectivity index (χ2n) is 7.58. The van der Waals surface area contributed by atoms with Crippen molar-refractivity contribution in [3.63, 3.8) is 0 Å². The molecule has 2 aromatic carbocycles. The van der Waals surface area contributed by atoms with Crippen molar-refractivity contribution < 1.29 is 4.79 Å². The molecular weight excluding hydrogens is 458 g/mol. The summed E-state index contributed by atoms with van der Waals surface area (Å²) in [5, 5.41) is 17.7. The molecule has 0 saturated heterocycles. The van der Waals surface area contributed by atoms with Crippen molar-refractivity contribution in [2.75, 3.05) is 16.9 Å². The number of benzene rings is 2. The summed E-state index contributed by atoms with van der Waals surface area (Å²) < 4.78 is 0. The monoisotopic (exact) mass is 479 g/mol. The number of hydrogen-bond acceptors (Lipinski definition) is 7. The summed E-state index contributed by atoms with van der Waals surface area (Å²) >= 11 is 8.09. The molecule has 8 nitrogen and oxygen atoms in total. The summed E-state index contributed by atoms with van der Waals surface area (Å²) in [7, 11) is 0. The Morgan fingerprint density at radius 2 is 2.06 bits per heavy atom. The molecule has 5 rings (SSSR count). The van der Waals surface area contributed by atoms with Gasteiger partial charge in [0.15, 0.2) is 12.0 Å². The van der Waals surface area contributed by atoms with Gasteiger partial charge in [-0.05, 0) is 49.1 Å². The number of hydrazine groups is 2. The summed E-state index contributed by atoms with van der Waals surface area (Å²) in [5.74, 6) is 0.622. The summed E-state index contributed by atoms with van der Waals surface area (Å²) in [4.78, 5) is 17.9. The highest BCUT2D eigenvalue weighted by Crippen LogP contribution is 2.37. The number of halogens is 1. The first-order chi connectivity index (χ1) is 16.0.